The van der Waals surface area contributed by atoms with Gasteiger partial charge in [-0.1, -0.05) is 30.4 Å². The Morgan fingerprint density at radius 1 is 1.29 bits per heavy atom. The van der Waals surface area contributed by atoms with Crippen LogP contribution in [0.3, 0.4) is 0 Å². The monoisotopic (exact) mass is 186 g/mol. The van der Waals surface area contributed by atoms with E-state index in [0.717, 1.165) is 5.39 Å². The van der Waals surface area contributed by atoms with Gasteiger partial charge in [-0.3, -0.25) is 0 Å². The van der Waals surface area contributed by atoms with E-state index in [9.17, 15) is 4.79 Å². The molecular weight excluding hydrogens is 176 g/mol. The van der Waals surface area contributed by atoms with E-state index in [1.165, 1.54) is 0 Å². The summed E-state index contributed by atoms with van der Waals surface area (Å²) in [6.45, 7) is 1.87. The Bertz CT molecular complexity index is 535. The quantitative estimate of drug-likeness (QED) is 0.641. The van der Waals surface area contributed by atoms with Crippen LogP contribution in [0, 0.1) is 0 Å². The van der Waals surface area contributed by atoms with E-state index in [4.69, 9.17) is 4.42 Å². The molecule has 0 unspecified atom stereocenters. The molecule has 0 bridgehead atoms. The van der Waals surface area contributed by atoms with Gasteiger partial charge in [-0.2, -0.15) is 0 Å². The van der Waals surface area contributed by atoms with Gasteiger partial charge in [-0.25, -0.2) is 4.79 Å². The van der Waals surface area contributed by atoms with Crippen LogP contribution in [-0.2, 0) is 0 Å². The molecule has 2 nitrogen and oxygen atoms in total. The molecular formula is C12H10O2. The number of hydrogen-bond donors (Lipinski definition) is 0. The summed E-state index contributed by atoms with van der Waals surface area (Å²) in [6.07, 6.45) is 3.57. The number of allylic oxidation sites excluding steroid dienone is 1. The zero-order valence-corrected chi connectivity index (χ0v) is 7.86. The van der Waals surface area contributed by atoms with Crippen LogP contribution in [-0.4, -0.2) is 0 Å². The Morgan fingerprint density at radius 2 is 2.07 bits per heavy atom. The molecule has 0 aliphatic heterocycles. The maximum atomic E-state index is 11.4. The van der Waals surface area contributed by atoms with E-state index in [1.807, 2.05) is 37.3 Å². The molecule has 0 aliphatic rings. The van der Waals surface area contributed by atoms with Crippen molar-refractivity contribution >= 4 is 17.0 Å². The van der Waals surface area contributed by atoms with Crippen LogP contribution in [0.1, 0.15) is 12.5 Å². The predicted molar refractivity (Wildman–Crippen MR) is 57.2 cm³/mol. The van der Waals surface area contributed by atoms with Crippen molar-refractivity contribution in [2.45, 2.75) is 6.92 Å². The molecule has 0 aliphatic carbocycles. The van der Waals surface area contributed by atoms with E-state index >= 15 is 0 Å². The second-order valence-electron chi connectivity index (χ2n) is 3.03. The van der Waals surface area contributed by atoms with Crippen LogP contribution in [0.5, 0.6) is 0 Å². The van der Waals surface area contributed by atoms with Crippen molar-refractivity contribution in [3.63, 3.8) is 0 Å². The van der Waals surface area contributed by atoms with Crippen molar-refractivity contribution in [2.75, 3.05) is 0 Å². The minimum atomic E-state index is -0.290. The topological polar surface area (TPSA) is 30.2 Å². The second-order valence-corrected chi connectivity index (χ2v) is 3.03. The molecule has 0 saturated heterocycles. The molecule has 0 radical (unpaired) electrons. The van der Waals surface area contributed by atoms with Crippen molar-refractivity contribution in [3.8, 4) is 0 Å². The minimum absolute atomic E-state index is 0.290. The van der Waals surface area contributed by atoms with Gasteiger partial charge in [0.05, 0.1) is 5.56 Å². The molecule has 0 amide bonds. The lowest BCUT2D eigenvalue weighted by atomic mass is 10.2. The van der Waals surface area contributed by atoms with Gasteiger partial charge in [0.1, 0.15) is 5.58 Å². The number of rotatable bonds is 1. The summed E-state index contributed by atoms with van der Waals surface area (Å²) in [5.41, 5.74) is 0.929. The zero-order chi connectivity index (χ0) is 9.97. The van der Waals surface area contributed by atoms with Crippen molar-refractivity contribution in [1.29, 1.82) is 0 Å². The Labute approximate surface area is 81.5 Å². The Morgan fingerprint density at radius 3 is 2.86 bits per heavy atom. The molecule has 0 fully saturated rings. The average Bonchev–Trinajstić information content (AvgIpc) is 2.19. The van der Waals surface area contributed by atoms with E-state index in [2.05, 4.69) is 0 Å². The van der Waals surface area contributed by atoms with Crippen LogP contribution < -0.4 is 5.63 Å². The fourth-order valence-electron chi connectivity index (χ4n) is 1.37. The lowest BCUT2D eigenvalue weighted by Gasteiger charge is -1.96. The molecule has 0 spiro atoms. The fourth-order valence-corrected chi connectivity index (χ4v) is 1.37. The summed E-state index contributed by atoms with van der Waals surface area (Å²) < 4.78 is 5.14. The van der Waals surface area contributed by atoms with E-state index < -0.39 is 0 Å². The van der Waals surface area contributed by atoms with Crippen molar-refractivity contribution < 1.29 is 4.42 Å². The van der Waals surface area contributed by atoms with Gasteiger partial charge in [-0.15, -0.1) is 0 Å². The van der Waals surface area contributed by atoms with Crippen LogP contribution in [0.15, 0.2) is 45.6 Å². The highest BCUT2D eigenvalue weighted by molar-refractivity contribution is 5.78. The summed E-state index contributed by atoms with van der Waals surface area (Å²) in [7, 11) is 0. The predicted octanol–water partition coefficient (Wildman–Crippen LogP) is 2.83. The molecule has 1 aromatic carbocycles. The molecule has 0 N–H and O–H groups in total. The minimum Gasteiger partial charge on any atom is -0.422 e. The van der Waals surface area contributed by atoms with Gasteiger partial charge >= 0.3 is 5.63 Å². The first-order valence-corrected chi connectivity index (χ1v) is 4.47. The van der Waals surface area contributed by atoms with Crippen molar-refractivity contribution in [2.24, 2.45) is 0 Å². The summed E-state index contributed by atoms with van der Waals surface area (Å²) in [4.78, 5) is 11.4. The maximum Gasteiger partial charge on any atom is 0.343 e. The Hall–Kier alpha value is -1.83. The highest BCUT2D eigenvalue weighted by Crippen LogP contribution is 2.12. The fraction of sp³-hybridized carbons (Fsp3) is 0.0833. The third kappa shape index (κ3) is 1.46. The molecule has 1 aromatic heterocycles. The highest BCUT2D eigenvalue weighted by Gasteiger charge is 2.00. The van der Waals surface area contributed by atoms with Gasteiger partial charge in [-0.05, 0) is 19.1 Å². The first kappa shape index (κ1) is 8.75. The van der Waals surface area contributed by atoms with Crippen molar-refractivity contribution in [1.82, 2.24) is 0 Å². The third-order valence-corrected chi connectivity index (χ3v) is 2.01. The van der Waals surface area contributed by atoms with Gasteiger partial charge in [0.2, 0.25) is 0 Å². The molecule has 0 saturated carbocycles. The van der Waals surface area contributed by atoms with Gasteiger partial charge in [0.25, 0.3) is 0 Å². The van der Waals surface area contributed by atoms with Gasteiger partial charge in [0, 0.05) is 5.39 Å². The standard InChI is InChI=1S/C12H10O2/c1-2-5-10-8-9-6-3-4-7-11(9)14-12(10)13/h2-8H,1H3/b5-2+. The summed E-state index contributed by atoms with van der Waals surface area (Å²) in [5.74, 6) is 0. The van der Waals surface area contributed by atoms with Crippen LogP contribution in [0.2, 0.25) is 0 Å². The average molecular weight is 186 g/mol. The summed E-state index contributed by atoms with van der Waals surface area (Å²) in [6, 6.07) is 9.31. The molecule has 2 heteroatoms. The number of hydrogen-bond acceptors (Lipinski definition) is 2. The molecule has 14 heavy (non-hydrogen) atoms. The first-order chi connectivity index (χ1) is 6.81. The largest absolute Gasteiger partial charge is 0.422 e. The highest BCUT2D eigenvalue weighted by atomic mass is 16.4. The Balaban J connectivity index is 2.77. The van der Waals surface area contributed by atoms with Gasteiger partial charge < -0.3 is 4.42 Å². The molecule has 1 heterocycles. The molecule has 70 valence electrons. The lowest BCUT2D eigenvalue weighted by Crippen LogP contribution is -2.01. The molecule has 2 aromatic rings. The third-order valence-electron chi connectivity index (χ3n) is 2.01. The van der Waals surface area contributed by atoms with E-state index in [-0.39, 0.29) is 5.63 Å². The van der Waals surface area contributed by atoms with E-state index in [0.29, 0.717) is 11.1 Å². The second kappa shape index (κ2) is 3.50. The number of benzene rings is 1. The lowest BCUT2D eigenvalue weighted by molar-refractivity contribution is 0.559. The molecule has 2 rings (SSSR count). The van der Waals surface area contributed by atoms with Gasteiger partial charge in [0.15, 0.2) is 0 Å². The SMILES string of the molecule is C/C=C/c1cc2ccccc2oc1=O. The normalized spacial score (nSPS) is 11.2. The smallest absolute Gasteiger partial charge is 0.343 e. The van der Waals surface area contributed by atoms with Crippen LogP contribution >= 0.6 is 0 Å². The maximum absolute atomic E-state index is 11.4. The van der Waals surface area contributed by atoms with Crippen molar-refractivity contribution in [3.05, 3.63) is 52.4 Å². The van der Waals surface area contributed by atoms with E-state index in [1.54, 1.807) is 12.1 Å². The van der Waals surface area contributed by atoms with Crippen LogP contribution in [0.4, 0.5) is 0 Å². The number of para-hydroxylation sites is 1. The number of fused-ring (bicyclic) bond motifs is 1. The molecule has 0 atom stereocenters. The first-order valence-electron chi connectivity index (χ1n) is 4.47. The van der Waals surface area contributed by atoms with Crippen LogP contribution in [0.25, 0.3) is 17.0 Å². The summed E-state index contributed by atoms with van der Waals surface area (Å²) >= 11 is 0. The zero-order valence-electron chi connectivity index (χ0n) is 7.86. The Kier molecular flexibility index (Phi) is 2.19. The summed E-state index contributed by atoms with van der Waals surface area (Å²) in [5, 5.41) is 0.945.